The largest absolute Gasteiger partial charge is 0.508 e. The molecule has 0 radical (unpaired) electrons. The molecule has 3 aromatic rings. The smallest absolute Gasteiger partial charge is 0.326 e. The number of aliphatic carboxylic acids is 1. The predicted octanol–water partition coefficient (Wildman–Crippen LogP) is -1.08. The van der Waals surface area contributed by atoms with Crippen LogP contribution in [0.15, 0.2) is 67.1 Å². The summed E-state index contributed by atoms with van der Waals surface area (Å²) in [4.78, 5) is 174. The second kappa shape index (κ2) is 34.8. The highest BCUT2D eigenvalue weighted by Crippen LogP contribution is 2.27. The summed E-state index contributed by atoms with van der Waals surface area (Å²) in [7, 11) is 0. The molecule has 1 aromatic heterocycles. The summed E-state index contributed by atoms with van der Waals surface area (Å²) in [6.45, 7) is 7.34. The second-order valence-electron chi connectivity index (χ2n) is 23.2. The summed E-state index contributed by atoms with van der Waals surface area (Å²) in [5.74, 6) is -10.1. The lowest BCUT2D eigenvalue weighted by atomic mass is 9.98. The van der Waals surface area contributed by atoms with Gasteiger partial charge in [0, 0.05) is 57.1 Å². The summed E-state index contributed by atoms with van der Waals surface area (Å²) in [5.41, 5.74) is 18.2. The van der Waals surface area contributed by atoms with Crippen molar-refractivity contribution in [3.05, 3.63) is 83.9 Å². The normalized spacial score (nSPS) is 17.4. The molecule has 0 bridgehead atoms. The summed E-state index contributed by atoms with van der Waals surface area (Å²) >= 11 is 1.35. The average Bonchev–Trinajstić information content (AvgIpc) is 2.30. The van der Waals surface area contributed by atoms with Gasteiger partial charge in [0.2, 0.25) is 65.0 Å². The van der Waals surface area contributed by atoms with Crippen LogP contribution in [0.4, 0.5) is 0 Å². The zero-order chi connectivity index (χ0) is 65.5. The maximum Gasteiger partial charge on any atom is 0.326 e. The number of carbonyl (C=O) groups is 12. The van der Waals surface area contributed by atoms with Crippen LogP contribution >= 0.6 is 11.8 Å². The number of nitrogens with zero attached hydrogens (tertiary/aromatic N) is 3. The first-order valence-electron chi connectivity index (χ1n) is 29.8. The van der Waals surface area contributed by atoms with Crippen molar-refractivity contribution in [1.82, 2.24) is 57.0 Å². The molecule has 2 aliphatic heterocycles. The van der Waals surface area contributed by atoms with Gasteiger partial charge in [-0.1, -0.05) is 70.2 Å². The molecule has 0 saturated carbocycles. The van der Waals surface area contributed by atoms with Crippen LogP contribution in [0.1, 0.15) is 109 Å². The standard InChI is InChI=1S/C60H86N14O14S/c1-33(2)27-42(70-56(83)46-13-9-24-73(46)59(86)47-14-10-25-74(47)58(85)39(61)19-21-48(62)76)52(79)68-43(29-36-15-17-38(75)18-16-36)53(80)69-44(28-35-11-7-6-8-12-35)55(82)72-50(34(3)4)57(84)71-45(30-37-31-64-32-65-37)54(81)66-40(20-22-49(63)77)51(78)67-41(60(87)88)23-26-89-5/h6-8,11-12,15-18,31-34,39-47,50,75H,9-10,13-14,19-30,61H2,1-5H3,(H2,62,76)(H2,63,77)(H,64,65)(H,66,81)(H,67,78)(H,68,79)(H,69,80)(H,70,83)(H,71,84)(H,72,82)(H,87,88)/t39-,40-,41-,42-,43-,44-,45-,46-,47-,50-/m0/s1. The molecule has 0 aliphatic carbocycles. The number of nitrogens with one attached hydrogen (secondary N) is 8. The molecule has 3 heterocycles. The van der Waals surface area contributed by atoms with Crippen molar-refractivity contribution in [2.24, 2.45) is 29.0 Å². The number of carboxylic acids is 1. The molecule has 28 nitrogen and oxygen atoms in total. The Balaban J connectivity index is 1.39. The fourth-order valence-electron chi connectivity index (χ4n) is 10.5. The number of benzene rings is 2. The number of carbonyl (C=O) groups excluding carboxylic acids is 11. The van der Waals surface area contributed by atoms with Crippen LogP contribution in [-0.4, -0.2) is 186 Å². The Morgan fingerprint density at radius 1 is 0.618 bits per heavy atom. The summed E-state index contributed by atoms with van der Waals surface area (Å²) in [6, 6.07) is 1.62. The van der Waals surface area contributed by atoms with Gasteiger partial charge in [-0.15, -0.1) is 0 Å². The SMILES string of the molecule is CSCC[C@H](NC(=O)[C@H](CCC(N)=O)NC(=O)[C@H](Cc1cnc[nH]1)NC(=O)[C@@H](NC(=O)[C@H](Cc1ccccc1)NC(=O)[C@H](Cc1ccc(O)cc1)NC(=O)[C@H](CC(C)C)NC(=O)[C@@H]1CCCN1C(=O)[C@@H]1CCCN1C(=O)[C@@H](N)CCC(N)=O)C(C)C)C(=O)O. The number of thioether (sulfide) groups is 1. The number of aromatic hydroxyl groups is 1. The van der Waals surface area contributed by atoms with Gasteiger partial charge in [0.25, 0.3) is 0 Å². The van der Waals surface area contributed by atoms with Crippen LogP contribution in [0.3, 0.4) is 0 Å². The molecule has 11 amide bonds. The molecular weight excluding hydrogens is 1170 g/mol. The highest BCUT2D eigenvalue weighted by Gasteiger charge is 2.44. The van der Waals surface area contributed by atoms with Crippen molar-refractivity contribution in [3.8, 4) is 5.75 Å². The number of imidazole rings is 1. The number of rotatable bonds is 35. The van der Waals surface area contributed by atoms with Gasteiger partial charge < -0.3 is 79.4 Å². The van der Waals surface area contributed by atoms with E-state index < -0.39 is 137 Å². The highest BCUT2D eigenvalue weighted by molar-refractivity contribution is 7.98. The fraction of sp³-hybridized carbons (Fsp3) is 0.550. The Kier molecular flexibility index (Phi) is 27.8. The lowest BCUT2D eigenvalue weighted by molar-refractivity contribution is -0.147. The summed E-state index contributed by atoms with van der Waals surface area (Å²) in [5, 5.41) is 38.7. The second-order valence-corrected chi connectivity index (χ2v) is 24.2. The summed E-state index contributed by atoms with van der Waals surface area (Å²) < 4.78 is 0. The first-order chi connectivity index (χ1) is 42.3. The summed E-state index contributed by atoms with van der Waals surface area (Å²) in [6.07, 6.45) is 4.77. The number of aromatic amines is 1. The number of amides is 11. The molecule has 16 N–H and O–H groups in total. The van der Waals surface area contributed by atoms with Gasteiger partial charge in [-0.05, 0) is 98.5 Å². The Morgan fingerprint density at radius 2 is 1.13 bits per heavy atom. The number of nitrogens with two attached hydrogens (primary N) is 3. The number of phenolic OH excluding ortho intramolecular Hbond substituents is 1. The van der Waals surface area contributed by atoms with E-state index in [1.165, 1.54) is 58.4 Å². The van der Waals surface area contributed by atoms with Crippen molar-refractivity contribution in [3.63, 3.8) is 0 Å². The minimum absolute atomic E-state index is 0.00299. The van der Waals surface area contributed by atoms with Crippen molar-refractivity contribution >= 4 is 82.7 Å². The van der Waals surface area contributed by atoms with E-state index in [1.54, 1.807) is 50.4 Å². The van der Waals surface area contributed by atoms with Crippen LogP contribution in [0.2, 0.25) is 0 Å². The molecule has 89 heavy (non-hydrogen) atoms. The van der Waals surface area contributed by atoms with Crippen LogP contribution < -0.4 is 54.4 Å². The Labute approximate surface area is 520 Å². The van der Waals surface area contributed by atoms with Gasteiger partial charge >= 0.3 is 5.97 Å². The number of hydrogen-bond acceptors (Lipinski definition) is 16. The number of phenols is 1. The van der Waals surface area contributed by atoms with Crippen molar-refractivity contribution in [1.29, 1.82) is 0 Å². The molecule has 0 spiro atoms. The van der Waals surface area contributed by atoms with E-state index in [0.29, 0.717) is 41.8 Å². The number of likely N-dealkylation sites (tertiary alicyclic amines) is 2. The lowest BCUT2D eigenvalue weighted by Crippen LogP contribution is -2.61. The molecule has 486 valence electrons. The lowest BCUT2D eigenvalue weighted by Gasteiger charge is -2.33. The zero-order valence-corrected chi connectivity index (χ0v) is 51.7. The highest BCUT2D eigenvalue weighted by atomic mass is 32.2. The third kappa shape index (κ3) is 22.2. The number of aromatic nitrogens is 2. The number of hydrogen-bond donors (Lipinski definition) is 13. The van der Waals surface area contributed by atoms with E-state index in [0.717, 1.165) is 0 Å². The predicted molar refractivity (Wildman–Crippen MR) is 327 cm³/mol. The fourth-order valence-corrected chi connectivity index (χ4v) is 11.0. The van der Waals surface area contributed by atoms with Gasteiger partial charge in [-0.2, -0.15) is 11.8 Å². The van der Waals surface area contributed by atoms with Crippen LogP contribution in [0.5, 0.6) is 5.75 Å². The van der Waals surface area contributed by atoms with E-state index in [9.17, 15) is 67.7 Å². The molecule has 10 atom stereocenters. The minimum Gasteiger partial charge on any atom is -0.508 e. The van der Waals surface area contributed by atoms with E-state index >= 15 is 0 Å². The van der Waals surface area contributed by atoms with Gasteiger partial charge in [0.05, 0.1) is 12.4 Å². The zero-order valence-electron chi connectivity index (χ0n) is 50.9. The maximum absolute atomic E-state index is 14.9. The van der Waals surface area contributed by atoms with Gasteiger partial charge in [0.15, 0.2) is 0 Å². The molecule has 2 saturated heterocycles. The molecule has 29 heteroatoms. The number of primary amides is 2. The van der Waals surface area contributed by atoms with Crippen molar-refractivity contribution in [2.45, 2.75) is 172 Å². The van der Waals surface area contributed by atoms with E-state index in [4.69, 9.17) is 17.2 Å². The molecule has 0 unspecified atom stereocenters. The quantitative estimate of drug-likeness (QED) is 0.0333. The van der Waals surface area contributed by atoms with Crippen LogP contribution in [-0.2, 0) is 76.8 Å². The van der Waals surface area contributed by atoms with Gasteiger partial charge in [0.1, 0.15) is 60.1 Å². The molecule has 2 fully saturated rings. The molecule has 5 rings (SSSR count). The first kappa shape index (κ1) is 71.2. The number of carboxylic acid groups (broad SMARTS) is 1. The average molecular weight is 1260 g/mol. The van der Waals surface area contributed by atoms with Crippen LogP contribution in [0, 0.1) is 11.8 Å². The van der Waals surface area contributed by atoms with E-state index in [-0.39, 0.29) is 89.0 Å². The van der Waals surface area contributed by atoms with E-state index in [2.05, 4.69) is 47.2 Å². The van der Waals surface area contributed by atoms with Crippen molar-refractivity contribution < 1.29 is 67.7 Å². The monoisotopic (exact) mass is 1260 g/mol. The Morgan fingerprint density at radius 3 is 1.70 bits per heavy atom. The molecule has 2 aromatic carbocycles. The Bertz CT molecular complexity index is 2940. The van der Waals surface area contributed by atoms with Crippen molar-refractivity contribution in [2.75, 3.05) is 25.1 Å². The minimum atomic E-state index is -1.49. The third-order valence-corrected chi connectivity index (χ3v) is 16.0. The molecular formula is C60H86N14O14S. The first-order valence-corrected chi connectivity index (χ1v) is 31.2. The van der Waals surface area contributed by atoms with E-state index in [1.807, 2.05) is 13.8 Å². The Hall–Kier alpha value is -8.60. The number of H-pyrrole nitrogens is 1. The molecule has 2 aliphatic rings. The van der Waals surface area contributed by atoms with Gasteiger partial charge in [-0.3, -0.25) is 52.7 Å². The van der Waals surface area contributed by atoms with Gasteiger partial charge in [-0.25, -0.2) is 9.78 Å². The maximum atomic E-state index is 14.9. The van der Waals surface area contributed by atoms with Crippen LogP contribution in [0.25, 0.3) is 0 Å². The topological polar surface area (TPSA) is 443 Å². The third-order valence-electron chi connectivity index (χ3n) is 15.3.